The van der Waals surface area contributed by atoms with E-state index in [4.69, 9.17) is 0 Å². The van der Waals surface area contributed by atoms with E-state index in [0.29, 0.717) is 12.2 Å². The maximum absolute atomic E-state index is 13.8. The molecule has 0 spiro atoms. The van der Waals surface area contributed by atoms with Crippen LogP contribution in [0, 0.1) is 20.8 Å². The summed E-state index contributed by atoms with van der Waals surface area (Å²) in [6, 6.07) is 12.4. The molecule has 0 aliphatic rings. The summed E-state index contributed by atoms with van der Waals surface area (Å²) in [5.41, 5.74) is 3.95. The highest BCUT2D eigenvalue weighted by atomic mass is 32.2. The molecule has 2 rings (SSSR count). The van der Waals surface area contributed by atoms with E-state index in [9.17, 15) is 18.0 Å². The SMILES string of the molecule is CCCCNC(=O)C(C)N(Cc1cccc(C)c1)C(=O)CN(c1cc(C)ccc1C)S(=O)(=O)N(C)C. The van der Waals surface area contributed by atoms with Gasteiger partial charge in [0.25, 0.3) is 0 Å². The van der Waals surface area contributed by atoms with Crippen LogP contribution < -0.4 is 9.62 Å². The minimum atomic E-state index is -3.98. The highest BCUT2D eigenvalue weighted by Gasteiger charge is 2.33. The molecule has 9 heteroatoms. The Labute approximate surface area is 216 Å². The summed E-state index contributed by atoms with van der Waals surface area (Å²) in [5.74, 6) is -0.723. The number of benzene rings is 2. The van der Waals surface area contributed by atoms with Crippen molar-refractivity contribution in [2.75, 3.05) is 31.5 Å². The first kappa shape index (κ1) is 29.3. The van der Waals surface area contributed by atoms with Crippen LogP contribution in [0.1, 0.15) is 48.9 Å². The van der Waals surface area contributed by atoms with Gasteiger partial charge in [0.15, 0.2) is 0 Å². The molecule has 8 nitrogen and oxygen atoms in total. The summed E-state index contributed by atoms with van der Waals surface area (Å²) >= 11 is 0. The summed E-state index contributed by atoms with van der Waals surface area (Å²) < 4.78 is 28.9. The fraction of sp³-hybridized carbons (Fsp3) is 0.481. The molecule has 0 fully saturated rings. The first-order valence-corrected chi connectivity index (χ1v) is 13.7. The molecule has 0 radical (unpaired) electrons. The average molecular weight is 517 g/mol. The lowest BCUT2D eigenvalue weighted by atomic mass is 10.1. The molecule has 0 aliphatic heterocycles. The van der Waals surface area contributed by atoms with Crippen molar-refractivity contribution in [2.45, 2.75) is 60.0 Å². The molecule has 198 valence electrons. The first-order valence-electron chi connectivity index (χ1n) is 12.3. The minimum absolute atomic E-state index is 0.186. The van der Waals surface area contributed by atoms with Gasteiger partial charge in [0, 0.05) is 27.2 Å². The highest BCUT2D eigenvalue weighted by molar-refractivity contribution is 7.90. The Morgan fingerprint density at radius 3 is 2.28 bits per heavy atom. The molecule has 0 aliphatic carbocycles. The van der Waals surface area contributed by atoms with Gasteiger partial charge in [-0.3, -0.25) is 9.59 Å². The summed E-state index contributed by atoms with van der Waals surface area (Å²) in [6.07, 6.45) is 1.78. The van der Waals surface area contributed by atoms with Crippen LogP contribution in [-0.4, -0.2) is 62.7 Å². The van der Waals surface area contributed by atoms with Crippen LogP contribution in [0.25, 0.3) is 0 Å². The fourth-order valence-electron chi connectivity index (χ4n) is 3.82. The monoisotopic (exact) mass is 516 g/mol. The van der Waals surface area contributed by atoms with Crippen LogP contribution in [0.15, 0.2) is 42.5 Å². The standard InChI is InChI=1S/C27H40N4O4S/c1-8-9-15-28-27(33)23(5)30(18-24-12-10-11-20(2)16-24)26(32)19-31(36(34,35)29(6)7)25-17-21(3)13-14-22(25)4/h10-14,16-17,23H,8-9,15,18-19H2,1-7H3,(H,28,33). The summed E-state index contributed by atoms with van der Waals surface area (Å²) in [6.45, 7) is 9.64. The lowest BCUT2D eigenvalue weighted by Gasteiger charge is -2.33. The molecule has 36 heavy (non-hydrogen) atoms. The van der Waals surface area contributed by atoms with Crippen molar-refractivity contribution >= 4 is 27.7 Å². The van der Waals surface area contributed by atoms with Gasteiger partial charge in [0.05, 0.1) is 5.69 Å². The van der Waals surface area contributed by atoms with Crippen LogP contribution in [0.5, 0.6) is 0 Å². The molecule has 0 bridgehead atoms. The zero-order valence-electron chi connectivity index (χ0n) is 22.5. The molecule has 2 amide bonds. The Morgan fingerprint density at radius 1 is 1.00 bits per heavy atom. The van der Waals surface area contributed by atoms with Gasteiger partial charge in [-0.05, 0) is 56.9 Å². The number of rotatable bonds is 12. The van der Waals surface area contributed by atoms with Crippen LogP contribution in [0.4, 0.5) is 5.69 Å². The predicted molar refractivity (Wildman–Crippen MR) is 145 cm³/mol. The number of nitrogens with one attached hydrogen (secondary N) is 1. The molecule has 1 N–H and O–H groups in total. The minimum Gasteiger partial charge on any atom is -0.354 e. The van der Waals surface area contributed by atoms with Crippen molar-refractivity contribution in [2.24, 2.45) is 0 Å². The molecule has 2 aromatic rings. The third-order valence-corrected chi connectivity index (χ3v) is 7.89. The second-order valence-electron chi connectivity index (χ2n) is 9.42. The lowest BCUT2D eigenvalue weighted by molar-refractivity contribution is -0.139. The number of nitrogens with zero attached hydrogens (tertiary/aromatic N) is 3. The number of hydrogen-bond donors (Lipinski definition) is 1. The summed E-state index contributed by atoms with van der Waals surface area (Å²) in [5, 5.41) is 2.89. The largest absolute Gasteiger partial charge is 0.354 e. The molecule has 1 atom stereocenters. The van der Waals surface area contributed by atoms with Crippen molar-refractivity contribution in [3.8, 4) is 0 Å². The van der Waals surface area contributed by atoms with Gasteiger partial charge in [-0.2, -0.15) is 12.7 Å². The van der Waals surface area contributed by atoms with Gasteiger partial charge in [-0.15, -0.1) is 0 Å². The lowest BCUT2D eigenvalue weighted by Crippen LogP contribution is -2.52. The van der Waals surface area contributed by atoms with Crippen molar-refractivity contribution in [3.63, 3.8) is 0 Å². The van der Waals surface area contributed by atoms with Gasteiger partial charge in [-0.25, -0.2) is 4.31 Å². The second kappa shape index (κ2) is 12.9. The fourth-order valence-corrected chi connectivity index (χ4v) is 4.93. The Morgan fingerprint density at radius 2 is 1.67 bits per heavy atom. The number of anilines is 1. The van der Waals surface area contributed by atoms with E-state index in [0.717, 1.165) is 43.7 Å². The van der Waals surface area contributed by atoms with Gasteiger partial charge in [0.2, 0.25) is 11.8 Å². The Hall–Kier alpha value is -2.91. The Kier molecular flexibility index (Phi) is 10.5. The van der Waals surface area contributed by atoms with E-state index in [-0.39, 0.29) is 12.5 Å². The first-order chi connectivity index (χ1) is 16.9. The number of unbranched alkanes of at least 4 members (excludes halogenated alkanes) is 1. The topological polar surface area (TPSA) is 90.0 Å². The summed E-state index contributed by atoms with van der Waals surface area (Å²) in [7, 11) is -1.11. The van der Waals surface area contributed by atoms with Gasteiger partial charge < -0.3 is 10.2 Å². The van der Waals surface area contributed by atoms with Crippen LogP contribution >= 0.6 is 0 Å². The molecule has 0 saturated carbocycles. The number of carbonyl (C=O) groups is 2. The highest BCUT2D eigenvalue weighted by Crippen LogP contribution is 2.26. The number of amides is 2. The van der Waals surface area contributed by atoms with Crippen LogP contribution in [0.3, 0.4) is 0 Å². The third-order valence-electron chi connectivity index (χ3n) is 6.08. The normalized spacial score (nSPS) is 12.3. The average Bonchev–Trinajstić information content (AvgIpc) is 2.82. The molecule has 2 aromatic carbocycles. The van der Waals surface area contributed by atoms with Gasteiger partial charge >= 0.3 is 10.2 Å². The smallest absolute Gasteiger partial charge is 0.304 e. The predicted octanol–water partition coefficient (Wildman–Crippen LogP) is 3.56. The Balaban J connectivity index is 2.47. The van der Waals surface area contributed by atoms with E-state index >= 15 is 0 Å². The number of aryl methyl sites for hydroxylation is 3. The van der Waals surface area contributed by atoms with Gasteiger partial charge in [0.1, 0.15) is 12.6 Å². The van der Waals surface area contributed by atoms with E-state index in [1.54, 1.807) is 13.0 Å². The van der Waals surface area contributed by atoms with Crippen molar-refractivity contribution < 1.29 is 18.0 Å². The van der Waals surface area contributed by atoms with Gasteiger partial charge in [-0.1, -0.05) is 55.3 Å². The molecular weight excluding hydrogens is 476 g/mol. The van der Waals surface area contributed by atoms with E-state index in [2.05, 4.69) is 5.32 Å². The second-order valence-corrected chi connectivity index (χ2v) is 11.5. The van der Waals surface area contributed by atoms with E-state index in [1.807, 2.05) is 64.1 Å². The Bertz CT molecular complexity index is 1160. The third kappa shape index (κ3) is 7.54. The maximum atomic E-state index is 13.8. The van der Waals surface area contributed by atoms with Crippen LogP contribution in [0.2, 0.25) is 0 Å². The zero-order chi connectivity index (χ0) is 27.0. The van der Waals surface area contributed by atoms with Crippen molar-refractivity contribution in [1.29, 1.82) is 0 Å². The molecular formula is C27H40N4O4S. The van der Waals surface area contributed by atoms with E-state index in [1.165, 1.54) is 19.0 Å². The van der Waals surface area contributed by atoms with Crippen LogP contribution in [-0.2, 0) is 26.3 Å². The molecule has 0 heterocycles. The molecule has 0 saturated heterocycles. The molecule has 1 unspecified atom stereocenters. The summed E-state index contributed by atoms with van der Waals surface area (Å²) in [4.78, 5) is 28.2. The maximum Gasteiger partial charge on any atom is 0.304 e. The van der Waals surface area contributed by atoms with Crippen molar-refractivity contribution in [1.82, 2.24) is 14.5 Å². The molecule has 0 aromatic heterocycles. The number of carbonyl (C=O) groups excluding carboxylic acids is 2. The van der Waals surface area contributed by atoms with E-state index < -0.39 is 28.7 Å². The quantitative estimate of drug-likeness (QED) is 0.437. The van der Waals surface area contributed by atoms with Crippen molar-refractivity contribution in [3.05, 3.63) is 64.7 Å². The number of hydrogen-bond acceptors (Lipinski definition) is 4. The zero-order valence-corrected chi connectivity index (χ0v) is 23.4.